The van der Waals surface area contributed by atoms with E-state index in [-0.39, 0.29) is 17.2 Å². The number of fused-ring (bicyclic) bond motifs is 2. The first-order valence-corrected chi connectivity index (χ1v) is 9.84. The summed E-state index contributed by atoms with van der Waals surface area (Å²) >= 11 is 0. The van der Waals surface area contributed by atoms with Gasteiger partial charge in [-0.1, -0.05) is 38.1 Å². The van der Waals surface area contributed by atoms with Gasteiger partial charge in [-0.2, -0.15) is 0 Å². The third-order valence-corrected chi connectivity index (χ3v) is 6.08. The molecule has 1 saturated carbocycles. The molecule has 0 saturated heterocycles. The second-order valence-electron chi connectivity index (χ2n) is 8.20. The molecular formula is C23H26N2O3. The maximum Gasteiger partial charge on any atom is 0.248 e. The Kier molecular flexibility index (Phi) is 4.61. The fraction of sp³-hybridized carbons (Fsp3) is 0.391. The summed E-state index contributed by atoms with van der Waals surface area (Å²) in [6.07, 6.45) is 1.73. The van der Waals surface area contributed by atoms with Crippen molar-refractivity contribution < 1.29 is 14.3 Å². The fourth-order valence-corrected chi connectivity index (χ4v) is 4.27. The predicted molar refractivity (Wildman–Crippen MR) is 107 cm³/mol. The van der Waals surface area contributed by atoms with Crippen LogP contribution in [-0.2, 0) is 16.8 Å². The Morgan fingerprint density at radius 3 is 2.82 bits per heavy atom. The lowest BCUT2D eigenvalue weighted by atomic mass is 9.85. The topological polar surface area (TPSA) is 81.4 Å². The number of benzene rings is 2. The van der Waals surface area contributed by atoms with Crippen LogP contribution in [0.25, 0.3) is 0 Å². The van der Waals surface area contributed by atoms with Crippen LogP contribution < -0.4 is 15.8 Å². The molecule has 1 spiro atoms. The van der Waals surface area contributed by atoms with E-state index in [2.05, 4.69) is 31.3 Å². The number of carbonyl (C=O) groups is 2. The summed E-state index contributed by atoms with van der Waals surface area (Å²) in [6, 6.07) is 13.5. The normalized spacial score (nSPS) is 22.5. The quantitative estimate of drug-likeness (QED) is 0.838. The van der Waals surface area contributed by atoms with E-state index in [0.29, 0.717) is 24.6 Å². The van der Waals surface area contributed by atoms with Crippen LogP contribution in [-0.4, -0.2) is 18.4 Å². The predicted octanol–water partition coefficient (Wildman–Crippen LogP) is 3.27. The third kappa shape index (κ3) is 3.26. The summed E-state index contributed by atoms with van der Waals surface area (Å²) in [6.45, 7) is 5.39. The Hall–Kier alpha value is -2.82. The highest BCUT2D eigenvalue weighted by molar-refractivity contribution is 5.93. The van der Waals surface area contributed by atoms with Crippen LogP contribution in [0.1, 0.15) is 59.7 Å². The smallest absolute Gasteiger partial charge is 0.248 e. The Balaban J connectivity index is 1.48. The summed E-state index contributed by atoms with van der Waals surface area (Å²) < 4.78 is 5.85. The standard InChI is InChI=1S/C23H26N2O3/c1-14(2)16-6-7-20-18(11-16)23(8-9-28-20)12-19(23)22(27)25-13-15-4-3-5-17(10-15)21(24)26/h3-7,10-11,14,19H,8-9,12-13H2,1-2H3,(H2,24,26)(H,25,27)/t19-,23-/m0/s1. The van der Waals surface area contributed by atoms with Crippen LogP contribution in [0.5, 0.6) is 5.75 Å². The van der Waals surface area contributed by atoms with E-state index >= 15 is 0 Å². The van der Waals surface area contributed by atoms with Crippen molar-refractivity contribution in [2.75, 3.05) is 6.61 Å². The molecule has 1 fully saturated rings. The van der Waals surface area contributed by atoms with Gasteiger partial charge in [0.2, 0.25) is 11.8 Å². The second kappa shape index (κ2) is 6.97. The molecule has 0 aromatic heterocycles. The molecule has 28 heavy (non-hydrogen) atoms. The van der Waals surface area contributed by atoms with Gasteiger partial charge >= 0.3 is 0 Å². The number of primary amides is 1. The van der Waals surface area contributed by atoms with Crippen molar-refractivity contribution >= 4 is 11.8 Å². The van der Waals surface area contributed by atoms with Crippen LogP contribution >= 0.6 is 0 Å². The van der Waals surface area contributed by atoms with Crippen molar-refractivity contribution in [2.24, 2.45) is 11.7 Å². The van der Waals surface area contributed by atoms with Gasteiger partial charge in [0.15, 0.2) is 0 Å². The van der Waals surface area contributed by atoms with Crippen LogP contribution in [0, 0.1) is 5.92 Å². The van der Waals surface area contributed by atoms with Gasteiger partial charge in [0.25, 0.3) is 0 Å². The zero-order valence-corrected chi connectivity index (χ0v) is 16.3. The van der Waals surface area contributed by atoms with Crippen molar-refractivity contribution in [3.8, 4) is 5.75 Å². The molecule has 2 amide bonds. The lowest BCUT2D eigenvalue weighted by Gasteiger charge is -2.28. The average molecular weight is 378 g/mol. The highest BCUT2D eigenvalue weighted by Crippen LogP contribution is 2.61. The molecule has 0 radical (unpaired) electrons. The second-order valence-corrected chi connectivity index (χ2v) is 8.20. The van der Waals surface area contributed by atoms with E-state index in [0.717, 1.165) is 24.2 Å². The fourth-order valence-electron chi connectivity index (χ4n) is 4.27. The Labute approximate surface area is 165 Å². The molecule has 1 aliphatic heterocycles. The molecule has 1 heterocycles. The third-order valence-electron chi connectivity index (χ3n) is 6.08. The number of carbonyl (C=O) groups excluding carboxylic acids is 2. The minimum absolute atomic E-state index is 0.0307. The Morgan fingerprint density at radius 1 is 1.25 bits per heavy atom. The molecule has 4 rings (SSSR count). The maximum atomic E-state index is 12.9. The summed E-state index contributed by atoms with van der Waals surface area (Å²) in [7, 11) is 0. The Morgan fingerprint density at radius 2 is 2.07 bits per heavy atom. The van der Waals surface area contributed by atoms with Gasteiger partial charge < -0.3 is 15.8 Å². The zero-order valence-electron chi connectivity index (χ0n) is 16.3. The van der Waals surface area contributed by atoms with E-state index in [9.17, 15) is 9.59 Å². The number of hydrogen-bond acceptors (Lipinski definition) is 3. The molecule has 0 unspecified atom stereocenters. The summed E-state index contributed by atoms with van der Waals surface area (Å²) in [5.41, 5.74) is 9.01. The molecule has 2 aromatic rings. The molecule has 2 atom stereocenters. The van der Waals surface area contributed by atoms with Gasteiger partial charge in [-0.25, -0.2) is 0 Å². The molecule has 2 aliphatic rings. The molecular weight excluding hydrogens is 352 g/mol. The van der Waals surface area contributed by atoms with E-state index in [1.807, 2.05) is 12.1 Å². The highest BCUT2D eigenvalue weighted by Gasteiger charge is 2.61. The number of ether oxygens (including phenoxy) is 1. The minimum Gasteiger partial charge on any atom is -0.493 e. The minimum atomic E-state index is -0.464. The number of nitrogens with one attached hydrogen (secondary N) is 1. The maximum absolute atomic E-state index is 12.9. The van der Waals surface area contributed by atoms with Gasteiger partial charge in [0.1, 0.15) is 5.75 Å². The number of nitrogens with two attached hydrogens (primary N) is 1. The van der Waals surface area contributed by atoms with Gasteiger partial charge in [0.05, 0.1) is 6.61 Å². The van der Waals surface area contributed by atoms with Gasteiger partial charge in [-0.3, -0.25) is 9.59 Å². The van der Waals surface area contributed by atoms with E-state index in [1.54, 1.807) is 18.2 Å². The van der Waals surface area contributed by atoms with Gasteiger partial charge in [-0.15, -0.1) is 0 Å². The van der Waals surface area contributed by atoms with Crippen LogP contribution in [0.3, 0.4) is 0 Å². The first kappa shape index (κ1) is 18.5. The van der Waals surface area contributed by atoms with E-state index in [4.69, 9.17) is 10.5 Å². The van der Waals surface area contributed by atoms with Crippen molar-refractivity contribution in [3.05, 3.63) is 64.7 Å². The zero-order chi connectivity index (χ0) is 19.9. The van der Waals surface area contributed by atoms with Gasteiger partial charge in [0, 0.05) is 29.0 Å². The first-order valence-electron chi connectivity index (χ1n) is 9.84. The summed E-state index contributed by atoms with van der Waals surface area (Å²) in [5, 5.41) is 3.03. The van der Waals surface area contributed by atoms with Crippen LogP contribution in [0.2, 0.25) is 0 Å². The number of amides is 2. The molecule has 3 N–H and O–H groups in total. The Bertz CT molecular complexity index is 937. The molecule has 5 heteroatoms. The number of rotatable bonds is 5. The molecule has 2 aromatic carbocycles. The van der Waals surface area contributed by atoms with E-state index in [1.165, 1.54) is 11.1 Å². The SMILES string of the molecule is CC(C)c1ccc2c(c1)[C@]1(CCO2)C[C@H]1C(=O)NCc1cccc(C(N)=O)c1. The van der Waals surface area contributed by atoms with Crippen molar-refractivity contribution in [1.82, 2.24) is 5.32 Å². The summed E-state index contributed by atoms with van der Waals surface area (Å²) in [4.78, 5) is 24.2. The van der Waals surface area contributed by atoms with Crippen LogP contribution in [0.4, 0.5) is 0 Å². The molecule has 0 bridgehead atoms. The summed E-state index contributed by atoms with van der Waals surface area (Å²) in [5.74, 6) is 0.922. The highest BCUT2D eigenvalue weighted by atomic mass is 16.5. The largest absolute Gasteiger partial charge is 0.493 e. The average Bonchev–Trinajstić information content (AvgIpc) is 3.41. The van der Waals surface area contributed by atoms with E-state index < -0.39 is 5.91 Å². The molecule has 146 valence electrons. The van der Waals surface area contributed by atoms with Gasteiger partial charge in [-0.05, 0) is 48.1 Å². The number of hydrogen-bond donors (Lipinski definition) is 2. The van der Waals surface area contributed by atoms with Crippen molar-refractivity contribution in [2.45, 2.75) is 44.6 Å². The molecule has 5 nitrogen and oxygen atoms in total. The monoisotopic (exact) mass is 378 g/mol. The van der Waals surface area contributed by atoms with Crippen molar-refractivity contribution in [1.29, 1.82) is 0 Å². The first-order chi connectivity index (χ1) is 13.4. The molecule has 1 aliphatic carbocycles. The van der Waals surface area contributed by atoms with Crippen molar-refractivity contribution in [3.63, 3.8) is 0 Å². The van der Waals surface area contributed by atoms with Crippen LogP contribution in [0.15, 0.2) is 42.5 Å². The lowest BCUT2D eigenvalue weighted by molar-refractivity contribution is -0.123. The lowest BCUT2D eigenvalue weighted by Crippen LogP contribution is -2.31.